The number of hydrogen-bond donors (Lipinski definition) is 1. The highest BCUT2D eigenvalue weighted by molar-refractivity contribution is 5.91. The molecule has 3 heteroatoms. The zero-order valence-electron chi connectivity index (χ0n) is 13.5. The number of aryl methyl sites for hydroxylation is 2. The van der Waals surface area contributed by atoms with Crippen molar-refractivity contribution >= 4 is 10.9 Å². The van der Waals surface area contributed by atoms with Crippen LogP contribution in [0.1, 0.15) is 18.1 Å². The minimum atomic E-state index is 0.747. The van der Waals surface area contributed by atoms with Gasteiger partial charge in [0.15, 0.2) is 11.5 Å². The van der Waals surface area contributed by atoms with Gasteiger partial charge >= 0.3 is 0 Å². The molecule has 0 aliphatic rings. The van der Waals surface area contributed by atoms with Crippen molar-refractivity contribution in [3.8, 4) is 22.8 Å². The van der Waals surface area contributed by atoms with Crippen LogP contribution in [-0.2, 0) is 6.42 Å². The number of rotatable bonds is 4. The summed E-state index contributed by atoms with van der Waals surface area (Å²) in [6.07, 6.45) is 0.979. The number of aromatic amines is 1. The highest BCUT2D eigenvalue weighted by Gasteiger charge is 2.14. The third kappa shape index (κ3) is 2.33. The van der Waals surface area contributed by atoms with Crippen molar-refractivity contribution in [2.75, 3.05) is 14.2 Å². The Labute approximate surface area is 130 Å². The van der Waals surface area contributed by atoms with E-state index in [9.17, 15) is 0 Å². The van der Waals surface area contributed by atoms with E-state index in [4.69, 9.17) is 9.47 Å². The summed E-state index contributed by atoms with van der Waals surface area (Å²) in [6, 6.07) is 12.6. The Bertz CT molecular complexity index is 818. The van der Waals surface area contributed by atoms with Gasteiger partial charge in [0, 0.05) is 22.2 Å². The summed E-state index contributed by atoms with van der Waals surface area (Å²) < 4.78 is 10.7. The fourth-order valence-electron chi connectivity index (χ4n) is 2.97. The molecule has 114 valence electrons. The van der Waals surface area contributed by atoms with E-state index in [2.05, 4.69) is 43.1 Å². The molecule has 0 aliphatic heterocycles. The topological polar surface area (TPSA) is 34.2 Å². The lowest BCUT2D eigenvalue weighted by Crippen LogP contribution is -1.92. The van der Waals surface area contributed by atoms with Crippen LogP contribution in [-0.4, -0.2) is 19.2 Å². The standard InChI is InChI=1S/C19H21NO2/c1-5-14-15-8-6-12(2)10-16(15)20-19(14)13-7-9-17(21-3)18(11-13)22-4/h6-11,20H,5H2,1-4H3. The molecular formula is C19H21NO2. The third-order valence-corrected chi connectivity index (χ3v) is 4.09. The van der Waals surface area contributed by atoms with Crippen LogP contribution in [0, 0.1) is 6.92 Å². The van der Waals surface area contributed by atoms with Gasteiger partial charge in [-0.3, -0.25) is 0 Å². The van der Waals surface area contributed by atoms with E-state index in [1.807, 2.05) is 12.1 Å². The van der Waals surface area contributed by atoms with Gasteiger partial charge in [-0.05, 0) is 48.7 Å². The molecule has 0 saturated carbocycles. The zero-order chi connectivity index (χ0) is 15.7. The predicted molar refractivity (Wildman–Crippen MR) is 91.0 cm³/mol. The lowest BCUT2D eigenvalue weighted by atomic mass is 10.0. The van der Waals surface area contributed by atoms with Crippen LogP contribution in [0.15, 0.2) is 36.4 Å². The number of hydrogen-bond acceptors (Lipinski definition) is 2. The average Bonchev–Trinajstić information content (AvgIpc) is 2.91. The van der Waals surface area contributed by atoms with E-state index in [1.54, 1.807) is 14.2 Å². The second-order valence-electron chi connectivity index (χ2n) is 5.45. The maximum atomic E-state index is 5.43. The first-order valence-electron chi connectivity index (χ1n) is 7.51. The molecule has 1 N–H and O–H groups in total. The molecule has 0 spiro atoms. The van der Waals surface area contributed by atoms with Gasteiger partial charge < -0.3 is 14.5 Å². The van der Waals surface area contributed by atoms with Crippen LogP contribution in [0.5, 0.6) is 11.5 Å². The first kappa shape index (κ1) is 14.5. The minimum Gasteiger partial charge on any atom is -0.493 e. The third-order valence-electron chi connectivity index (χ3n) is 4.09. The molecule has 0 aliphatic carbocycles. The normalized spacial score (nSPS) is 10.9. The highest BCUT2D eigenvalue weighted by Crippen LogP contribution is 2.36. The first-order valence-corrected chi connectivity index (χ1v) is 7.51. The number of methoxy groups -OCH3 is 2. The molecule has 3 aromatic rings. The number of fused-ring (bicyclic) bond motifs is 1. The van der Waals surface area contributed by atoms with Crippen LogP contribution in [0.4, 0.5) is 0 Å². The Morgan fingerprint density at radius 1 is 0.955 bits per heavy atom. The lowest BCUT2D eigenvalue weighted by molar-refractivity contribution is 0.355. The van der Waals surface area contributed by atoms with Gasteiger partial charge in [-0.1, -0.05) is 19.1 Å². The van der Waals surface area contributed by atoms with Gasteiger partial charge in [0.2, 0.25) is 0 Å². The van der Waals surface area contributed by atoms with Gasteiger partial charge in [-0.2, -0.15) is 0 Å². The van der Waals surface area contributed by atoms with E-state index in [0.717, 1.165) is 29.2 Å². The molecule has 0 fully saturated rings. The van der Waals surface area contributed by atoms with Gasteiger partial charge in [-0.15, -0.1) is 0 Å². The van der Waals surface area contributed by atoms with Crippen LogP contribution in [0.2, 0.25) is 0 Å². The molecule has 3 rings (SSSR count). The first-order chi connectivity index (χ1) is 10.7. The summed E-state index contributed by atoms with van der Waals surface area (Å²) in [6.45, 7) is 4.30. The smallest absolute Gasteiger partial charge is 0.161 e. The molecule has 1 aromatic heterocycles. The van der Waals surface area contributed by atoms with Gasteiger partial charge in [0.05, 0.1) is 14.2 Å². The number of benzene rings is 2. The van der Waals surface area contributed by atoms with Crippen molar-refractivity contribution in [2.45, 2.75) is 20.3 Å². The average molecular weight is 295 g/mol. The Balaban J connectivity index is 2.21. The van der Waals surface area contributed by atoms with Gasteiger partial charge in [0.1, 0.15) is 0 Å². The maximum absolute atomic E-state index is 5.43. The van der Waals surface area contributed by atoms with Crippen molar-refractivity contribution in [2.24, 2.45) is 0 Å². The fourth-order valence-corrected chi connectivity index (χ4v) is 2.97. The number of aromatic nitrogens is 1. The Hall–Kier alpha value is -2.42. The second-order valence-corrected chi connectivity index (χ2v) is 5.45. The SMILES string of the molecule is CCc1c(-c2ccc(OC)c(OC)c2)[nH]c2cc(C)ccc12. The molecule has 0 atom stereocenters. The molecule has 1 heterocycles. The molecule has 0 amide bonds. The van der Waals surface area contributed by atoms with E-state index in [-0.39, 0.29) is 0 Å². The molecule has 0 saturated heterocycles. The summed E-state index contributed by atoms with van der Waals surface area (Å²) in [4.78, 5) is 3.56. The summed E-state index contributed by atoms with van der Waals surface area (Å²) in [5.74, 6) is 1.49. The molecule has 0 unspecified atom stereocenters. The fraction of sp³-hybridized carbons (Fsp3) is 0.263. The van der Waals surface area contributed by atoms with Crippen molar-refractivity contribution in [3.63, 3.8) is 0 Å². The van der Waals surface area contributed by atoms with Gasteiger partial charge in [0.25, 0.3) is 0 Å². The van der Waals surface area contributed by atoms with Crippen molar-refractivity contribution in [1.29, 1.82) is 0 Å². The molecule has 0 bridgehead atoms. The zero-order valence-corrected chi connectivity index (χ0v) is 13.5. The summed E-state index contributed by atoms with van der Waals surface area (Å²) in [7, 11) is 3.32. The van der Waals surface area contributed by atoms with E-state index >= 15 is 0 Å². The van der Waals surface area contributed by atoms with E-state index in [0.29, 0.717) is 0 Å². The Kier molecular flexibility index (Phi) is 3.80. The largest absolute Gasteiger partial charge is 0.493 e. The minimum absolute atomic E-state index is 0.747. The van der Waals surface area contributed by atoms with E-state index in [1.165, 1.54) is 22.0 Å². The van der Waals surface area contributed by atoms with Crippen molar-refractivity contribution < 1.29 is 9.47 Å². The second kappa shape index (κ2) is 5.76. The van der Waals surface area contributed by atoms with Crippen LogP contribution in [0.3, 0.4) is 0 Å². The molecule has 0 radical (unpaired) electrons. The molecule has 3 nitrogen and oxygen atoms in total. The Morgan fingerprint density at radius 3 is 2.41 bits per heavy atom. The molecular weight excluding hydrogens is 274 g/mol. The van der Waals surface area contributed by atoms with Crippen LogP contribution >= 0.6 is 0 Å². The molecule has 2 aromatic carbocycles. The summed E-state index contributed by atoms with van der Waals surface area (Å²) in [5, 5.41) is 1.29. The van der Waals surface area contributed by atoms with Crippen LogP contribution in [0.25, 0.3) is 22.2 Å². The maximum Gasteiger partial charge on any atom is 0.161 e. The van der Waals surface area contributed by atoms with Crippen LogP contribution < -0.4 is 9.47 Å². The van der Waals surface area contributed by atoms with Crippen molar-refractivity contribution in [1.82, 2.24) is 4.98 Å². The quantitative estimate of drug-likeness (QED) is 0.755. The Morgan fingerprint density at radius 2 is 1.73 bits per heavy atom. The van der Waals surface area contributed by atoms with E-state index < -0.39 is 0 Å². The number of nitrogens with one attached hydrogen (secondary N) is 1. The highest BCUT2D eigenvalue weighted by atomic mass is 16.5. The lowest BCUT2D eigenvalue weighted by Gasteiger charge is -2.10. The monoisotopic (exact) mass is 295 g/mol. The summed E-state index contributed by atoms with van der Waals surface area (Å²) >= 11 is 0. The summed E-state index contributed by atoms with van der Waals surface area (Å²) in [5.41, 5.74) is 6.05. The van der Waals surface area contributed by atoms with Crippen molar-refractivity contribution in [3.05, 3.63) is 47.5 Å². The van der Waals surface area contributed by atoms with Gasteiger partial charge in [-0.25, -0.2) is 0 Å². The number of ether oxygens (including phenoxy) is 2. The number of H-pyrrole nitrogens is 1. The predicted octanol–water partition coefficient (Wildman–Crippen LogP) is 4.72. The molecule has 22 heavy (non-hydrogen) atoms.